The van der Waals surface area contributed by atoms with Gasteiger partial charge in [0.2, 0.25) is 0 Å². The number of amides is 1. The standard InChI is InChI=1S/C11H9IN2O2/c1-7-3-2-6-13-10(7)14-11(15)8-4-5-9(12)16-8/h2-6H,1H3,(H,13,14,15). The number of aromatic nitrogens is 1. The maximum Gasteiger partial charge on any atom is 0.292 e. The fourth-order valence-electron chi connectivity index (χ4n) is 1.22. The predicted octanol–water partition coefficient (Wildman–Crippen LogP) is 2.84. The molecule has 0 atom stereocenters. The number of aryl methyl sites for hydroxylation is 1. The summed E-state index contributed by atoms with van der Waals surface area (Å²) >= 11 is 2.01. The summed E-state index contributed by atoms with van der Waals surface area (Å²) in [5.74, 6) is 0.554. The van der Waals surface area contributed by atoms with Gasteiger partial charge in [-0.25, -0.2) is 4.98 Å². The van der Waals surface area contributed by atoms with Crippen molar-refractivity contribution in [3.63, 3.8) is 0 Å². The Kier molecular flexibility index (Phi) is 3.23. The molecule has 0 radical (unpaired) electrons. The van der Waals surface area contributed by atoms with Gasteiger partial charge in [0, 0.05) is 6.20 Å². The van der Waals surface area contributed by atoms with Crippen molar-refractivity contribution in [2.75, 3.05) is 5.32 Å². The van der Waals surface area contributed by atoms with Crippen LogP contribution in [0.5, 0.6) is 0 Å². The van der Waals surface area contributed by atoms with Crippen molar-refractivity contribution in [1.29, 1.82) is 0 Å². The van der Waals surface area contributed by atoms with E-state index in [-0.39, 0.29) is 11.7 Å². The van der Waals surface area contributed by atoms with Crippen molar-refractivity contribution >= 4 is 34.3 Å². The molecule has 0 spiro atoms. The first-order valence-electron chi connectivity index (χ1n) is 4.65. The first kappa shape index (κ1) is 11.1. The SMILES string of the molecule is Cc1cccnc1NC(=O)c1ccc(I)o1. The zero-order valence-electron chi connectivity index (χ0n) is 8.53. The van der Waals surface area contributed by atoms with E-state index in [9.17, 15) is 4.79 Å². The second-order valence-electron chi connectivity index (χ2n) is 3.23. The zero-order chi connectivity index (χ0) is 11.5. The minimum atomic E-state index is -0.287. The molecule has 4 nitrogen and oxygen atoms in total. The third kappa shape index (κ3) is 2.41. The number of carbonyl (C=O) groups excluding carboxylic acids is 1. The molecule has 0 bridgehead atoms. The molecule has 82 valence electrons. The van der Waals surface area contributed by atoms with E-state index >= 15 is 0 Å². The first-order chi connectivity index (χ1) is 7.66. The molecule has 0 saturated carbocycles. The Hall–Kier alpha value is -1.37. The Morgan fingerprint density at radius 3 is 2.88 bits per heavy atom. The van der Waals surface area contributed by atoms with Crippen LogP contribution < -0.4 is 5.32 Å². The number of nitrogens with zero attached hydrogens (tertiary/aromatic N) is 1. The van der Waals surface area contributed by atoms with Crippen LogP contribution in [-0.4, -0.2) is 10.9 Å². The molecule has 0 fully saturated rings. The lowest BCUT2D eigenvalue weighted by molar-refractivity contribution is 0.0995. The van der Waals surface area contributed by atoms with Gasteiger partial charge < -0.3 is 9.73 Å². The summed E-state index contributed by atoms with van der Waals surface area (Å²) in [6.45, 7) is 1.88. The lowest BCUT2D eigenvalue weighted by Crippen LogP contribution is -2.12. The Morgan fingerprint density at radius 2 is 2.25 bits per heavy atom. The summed E-state index contributed by atoms with van der Waals surface area (Å²) < 4.78 is 5.89. The molecule has 1 N–H and O–H groups in total. The molecular weight excluding hydrogens is 319 g/mol. The second kappa shape index (κ2) is 4.65. The second-order valence-corrected chi connectivity index (χ2v) is 4.29. The molecule has 2 aromatic rings. The third-order valence-corrected chi connectivity index (χ3v) is 2.62. The Bertz CT molecular complexity index is 522. The van der Waals surface area contributed by atoms with Crippen molar-refractivity contribution in [3.8, 4) is 0 Å². The number of anilines is 1. The molecule has 2 rings (SSSR count). The summed E-state index contributed by atoms with van der Waals surface area (Å²) in [6, 6.07) is 7.07. The molecule has 2 heterocycles. The summed E-state index contributed by atoms with van der Waals surface area (Å²) in [7, 11) is 0. The molecule has 1 amide bonds. The number of halogens is 1. The van der Waals surface area contributed by atoms with Crippen LogP contribution in [-0.2, 0) is 0 Å². The van der Waals surface area contributed by atoms with E-state index < -0.39 is 0 Å². The van der Waals surface area contributed by atoms with Crippen LogP contribution in [0.25, 0.3) is 0 Å². The van der Waals surface area contributed by atoms with Crippen molar-refractivity contribution in [1.82, 2.24) is 4.98 Å². The molecule has 0 unspecified atom stereocenters. The maximum absolute atomic E-state index is 11.7. The lowest BCUT2D eigenvalue weighted by Gasteiger charge is -2.04. The van der Waals surface area contributed by atoms with Gasteiger partial charge in [0.1, 0.15) is 5.82 Å². The maximum atomic E-state index is 11.7. The topological polar surface area (TPSA) is 55.1 Å². The molecule has 16 heavy (non-hydrogen) atoms. The Morgan fingerprint density at radius 1 is 1.44 bits per heavy atom. The van der Waals surface area contributed by atoms with Crippen molar-refractivity contribution in [2.24, 2.45) is 0 Å². The predicted molar refractivity (Wildman–Crippen MR) is 68.4 cm³/mol. The molecule has 0 aromatic carbocycles. The highest BCUT2D eigenvalue weighted by Gasteiger charge is 2.11. The van der Waals surface area contributed by atoms with Crippen LogP contribution in [0.4, 0.5) is 5.82 Å². The van der Waals surface area contributed by atoms with Gasteiger partial charge >= 0.3 is 0 Å². The minimum absolute atomic E-state index is 0.287. The monoisotopic (exact) mass is 328 g/mol. The fraction of sp³-hybridized carbons (Fsp3) is 0.0909. The number of hydrogen-bond donors (Lipinski definition) is 1. The van der Waals surface area contributed by atoms with Crippen LogP contribution in [0, 0.1) is 10.7 Å². The number of hydrogen-bond acceptors (Lipinski definition) is 3. The van der Waals surface area contributed by atoms with E-state index in [0.717, 1.165) is 5.56 Å². The van der Waals surface area contributed by atoms with Crippen molar-refractivity contribution in [2.45, 2.75) is 6.92 Å². The largest absolute Gasteiger partial charge is 0.445 e. The summed E-state index contributed by atoms with van der Waals surface area (Å²) in [5.41, 5.74) is 0.914. The van der Waals surface area contributed by atoms with E-state index in [1.807, 2.05) is 41.6 Å². The Labute approximate surface area is 106 Å². The van der Waals surface area contributed by atoms with Gasteiger partial charge in [0.05, 0.1) is 0 Å². The normalized spacial score (nSPS) is 10.1. The third-order valence-electron chi connectivity index (χ3n) is 2.04. The van der Waals surface area contributed by atoms with Gasteiger partial charge in [-0.2, -0.15) is 0 Å². The molecule has 2 aromatic heterocycles. The van der Waals surface area contributed by atoms with Crippen LogP contribution in [0.2, 0.25) is 0 Å². The summed E-state index contributed by atoms with van der Waals surface area (Å²) in [6.07, 6.45) is 1.63. The fourth-order valence-corrected chi connectivity index (χ4v) is 1.64. The van der Waals surface area contributed by atoms with Gasteiger partial charge in [-0.3, -0.25) is 4.79 Å². The van der Waals surface area contributed by atoms with Crippen molar-refractivity contribution in [3.05, 3.63) is 45.6 Å². The minimum Gasteiger partial charge on any atom is -0.445 e. The lowest BCUT2D eigenvalue weighted by atomic mass is 10.3. The van der Waals surface area contributed by atoms with Crippen molar-refractivity contribution < 1.29 is 9.21 Å². The smallest absolute Gasteiger partial charge is 0.292 e. The van der Waals surface area contributed by atoms with Gasteiger partial charge in [-0.15, -0.1) is 0 Å². The van der Waals surface area contributed by atoms with E-state index in [2.05, 4.69) is 10.3 Å². The van der Waals surface area contributed by atoms with Gasteiger partial charge in [-0.1, -0.05) is 6.07 Å². The number of furan rings is 1. The van der Waals surface area contributed by atoms with Gasteiger partial charge in [0.15, 0.2) is 9.53 Å². The Balaban J connectivity index is 2.17. The number of carbonyl (C=O) groups is 1. The number of nitrogens with one attached hydrogen (secondary N) is 1. The summed E-state index contributed by atoms with van der Waals surface area (Å²) in [4.78, 5) is 15.8. The first-order valence-corrected chi connectivity index (χ1v) is 5.73. The zero-order valence-corrected chi connectivity index (χ0v) is 10.7. The molecule has 0 saturated heterocycles. The highest BCUT2D eigenvalue weighted by atomic mass is 127. The number of pyridine rings is 1. The van der Waals surface area contributed by atoms with E-state index in [0.29, 0.717) is 9.58 Å². The molecule has 0 aliphatic rings. The van der Waals surface area contributed by atoms with Crippen LogP contribution in [0.3, 0.4) is 0 Å². The average molecular weight is 328 g/mol. The molecule has 0 aliphatic carbocycles. The average Bonchev–Trinajstić information content (AvgIpc) is 2.68. The quantitative estimate of drug-likeness (QED) is 0.863. The van der Waals surface area contributed by atoms with E-state index in [4.69, 9.17) is 4.42 Å². The number of rotatable bonds is 2. The molecular formula is C11H9IN2O2. The van der Waals surface area contributed by atoms with E-state index in [1.165, 1.54) is 0 Å². The summed E-state index contributed by atoms with van der Waals surface area (Å²) in [5, 5.41) is 2.69. The molecule has 0 aliphatic heterocycles. The van der Waals surface area contributed by atoms with Crippen LogP contribution in [0.1, 0.15) is 16.1 Å². The van der Waals surface area contributed by atoms with Gasteiger partial charge in [0.25, 0.3) is 5.91 Å². The highest BCUT2D eigenvalue weighted by Crippen LogP contribution is 2.14. The van der Waals surface area contributed by atoms with Crippen LogP contribution in [0.15, 0.2) is 34.9 Å². The van der Waals surface area contributed by atoms with E-state index in [1.54, 1.807) is 18.3 Å². The highest BCUT2D eigenvalue weighted by molar-refractivity contribution is 14.1. The van der Waals surface area contributed by atoms with Crippen LogP contribution >= 0.6 is 22.6 Å². The van der Waals surface area contributed by atoms with Gasteiger partial charge in [-0.05, 0) is 53.3 Å². The molecule has 5 heteroatoms.